The molecule has 2 rings (SSSR count). The highest BCUT2D eigenvalue weighted by Gasteiger charge is 2.71. The monoisotopic (exact) mass is 286 g/mol. The molecule has 0 aromatic heterocycles. The third-order valence-corrected chi connectivity index (χ3v) is 4.33. The molecular formula is C14H26N2O4. The van der Waals surface area contributed by atoms with E-state index in [0.717, 1.165) is 12.8 Å². The predicted molar refractivity (Wildman–Crippen MR) is 74.0 cm³/mol. The van der Waals surface area contributed by atoms with Crippen LogP contribution in [0.2, 0.25) is 0 Å². The lowest BCUT2D eigenvalue weighted by Gasteiger charge is -2.35. The van der Waals surface area contributed by atoms with Crippen LogP contribution in [0.1, 0.15) is 40.0 Å². The van der Waals surface area contributed by atoms with Crippen LogP contribution in [-0.4, -0.2) is 48.6 Å². The summed E-state index contributed by atoms with van der Waals surface area (Å²) in [6.07, 6.45) is 1.65. The van der Waals surface area contributed by atoms with Gasteiger partial charge >= 0.3 is 5.97 Å². The number of rotatable bonds is 6. The Hall–Kier alpha value is -0.690. The Labute approximate surface area is 120 Å². The quantitative estimate of drug-likeness (QED) is 0.539. The molecule has 1 aliphatic carbocycles. The molecule has 0 radical (unpaired) electrons. The van der Waals surface area contributed by atoms with E-state index in [1.165, 1.54) is 0 Å². The van der Waals surface area contributed by atoms with E-state index in [4.69, 9.17) is 25.7 Å². The summed E-state index contributed by atoms with van der Waals surface area (Å²) in [6, 6.07) is -0.636. The van der Waals surface area contributed by atoms with Crippen LogP contribution in [0.15, 0.2) is 0 Å². The van der Waals surface area contributed by atoms with Crippen molar-refractivity contribution in [2.45, 2.75) is 76.0 Å². The number of nitrogens with two attached hydrogens (primary N) is 2. The summed E-state index contributed by atoms with van der Waals surface area (Å²) in [5.74, 6) is -0.342. The smallest absolute Gasteiger partial charge is 0.341 e. The number of ether oxygens (including phenoxy) is 3. The van der Waals surface area contributed by atoms with E-state index >= 15 is 0 Å². The number of carbonyl (C=O) groups is 1. The maximum atomic E-state index is 12.1. The van der Waals surface area contributed by atoms with Crippen molar-refractivity contribution < 1.29 is 19.0 Å². The Kier molecular flexibility index (Phi) is 4.69. The van der Waals surface area contributed by atoms with E-state index < -0.39 is 5.60 Å². The van der Waals surface area contributed by atoms with Gasteiger partial charge in [0.15, 0.2) is 5.60 Å². The van der Waals surface area contributed by atoms with Gasteiger partial charge in [0.25, 0.3) is 0 Å². The van der Waals surface area contributed by atoms with E-state index in [2.05, 4.69) is 13.8 Å². The summed E-state index contributed by atoms with van der Waals surface area (Å²) in [5, 5.41) is 0. The minimum absolute atomic E-state index is 0.112. The van der Waals surface area contributed by atoms with E-state index in [1.54, 1.807) is 6.92 Å². The van der Waals surface area contributed by atoms with E-state index in [-0.39, 0.29) is 36.4 Å². The fourth-order valence-corrected chi connectivity index (χ4v) is 2.99. The molecule has 6 heteroatoms. The maximum absolute atomic E-state index is 12.1. The highest BCUT2D eigenvalue weighted by atomic mass is 16.7. The number of fused-ring (bicyclic) bond motifs is 1. The first kappa shape index (κ1) is 15.7. The van der Waals surface area contributed by atoms with Gasteiger partial charge in [-0.15, -0.1) is 0 Å². The summed E-state index contributed by atoms with van der Waals surface area (Å²) >= 11 is 0. The molecule has 0 spiro atoms. The molecule has 2 aliphatic rings. The first-order chi connectivity index (χ1) is 9.50. The first-order valence-corrected chi connectivity index (χ1v) is 7.51. The lowest BCUT2D eigenvalue weighted by molar-refractivity contribution is -0.150. The molecule has 1 saturated carbocycles. The summed E-state index contributed by atoms with van der Waals surface area (Å²) in [4.78, 5) is 12.1. The highest BCUT2D eigenvalue weighted by molar-refractivity contribution is 5.84. The number of carbonyl (C=O) groups excluding carboxylic acids is 1. The van der Waals surface area contributed by atoms with Crippen LogP contribution < -0.4 is 11.5 Å². The second-order valence-corrected chi connectivity index (χ2v) is 5.63. The molecule has 1 aliphatic heterocycles. The number of epoxide rings is 1. The van der Waals surface area contributed by atoms with Crippen molar-refractivity contribution in [3.63, 3.8) is 0 Å². The largest absolute Gasteiger partial charge is 0.464 e. The van der Waals surface area contributed by atoms with Crippen LogP contribution in [0.3, 0.4) is 0 Å². The maximum Gasteiger partial charge on any atom is 0.341 e. The number of hydrogen-bond donors (Lipinski definition) is 2. The van der Waals surface area contributed by atoms with Crippen LogP contribution in [0.4, 0.5) is 0 Å². The van der Waals surface area contributed by atoms with Crippen LogP contribution in [0, 0.1) is 0 Å². The Balaban J connectivity index is 2.10. The van der Waals surface area contributed by atoms with Gasteiger partial charge in [0.2, 0.25) is 0 Å². The van der Waals surface area contributed by atoms with Crippen molar-refractivity contribution >= 4 is 5.97 Å². The zero-order valence-electron chi connectivity index (χ0n) is 12.5. The van der Waals surface area contributed by atoms with Crippen molar-refractivity contribution in [2.24, 2.45) is 11.5 Å². The summed E-state index contributed by atoms with van der Waals surface area (Å²) in [5.41, 5.74) is 11.3. The second kappa shape index (κ2) is 5.97. The van der Waals surface area contributed by atoms with Crippen molar-refractivity contribution in [1.29, 1.82) is 0 Å². The van der Waals surface area contributed by atoms with Crippen molar-refractivity contribution in [3.05, 3.63) is 0 Å². The molecule has 20 heavy (non-hydrogen) atoms. The van der Waals surface area contributed by atoms with Gasteiger partial charge in [-0.1, -0.05) is 13.8 Å². The first-order valence-electron chi connectivity index (χ1n) is 7.51. The fraction of sp³-hybridized carbons (Fsp3) is 0.929. The summed E-state index contributed by atoms with van der Waals surface area (Å²) in [6.45, 7) is 6.23. The molecule has 4 N–H and O–H groups in total. The average molecular weight is 286 g/mol. The van der Waals surface area contributed by atoms with Gasteiger partial charge in [-0.2, -0.15) is 0 Å². The van der Waals surface area contributed by atoms with Gasteiger partial charge in [-0.3, -0.25) is 0 Å². The molecule has 1 saturated heterocycles. The molecule has 0 aromatic carbocycles. The van der Waals surface area contributed by atoms with Crippen LogP contribution in [-0.2, 0) is 19.0 Å². The average Bonchev–Trinajstić information content (AvgIpc) is 3.15. The normalized spacial score (nSPS) is 39.5. The summed E-state index contributed by atoms with van der Waals surface area (Å²) in [7, 11) is 0. The molecule has 116 valence electrons. The van der Waals surface area contributed by atoms with Crippen LogP contribution in [0.25, 0.3) is 0 Å². The Morgan fingerprint density at radius 2 is 2.00 bits per heavy atom. The van der Waals surface area contributed by atoms with Crippen molar-refractivity contribution in [1.82, 2.24) is 0 Å². The Morgan fingerprint density at radius 3 is 2.55 bits per heavy atom. The molecule has 5 atom stereocenters. The van der Waals surface area contributed by atoms with Gasteiger partial charge in [-0.05, 0) is 19.8 Å². The molecule has 2 unspecified atom stereocenters. The third kappa shape index (κ3) is 2.57. The molecular weight excluding hydrogens is 260 g/mol. The zero-order chi connectivity index (χ0) is 14.9. The number of hydrogen-bond acceptors (Lipinski definition) is 6. The third-order valence-electron chi connectivity index (χ3n) is 4.33. The van der Waals surface area contributed by atoms with Crippen molar-refractivity contribution in [2.75, 3.05) is 6.61 Å². The lowest BCUT2D eigenvalue weighted by atomic mass is 9.81. The highest BCUT2D eigenvalue weighted by Crippen LogP contribution is 2.49. The minimum Gasteiger partial charge on any atom is -0.464 e. The Bertz CT molecular complexity index is 361. The second-order valence-electron chi connectivity index (χ2n) is 5.63. The minimum atomic E-state index is -0.929. The van der Waals surface area contributed by atoms with Crippen molar-refractivity contribution in [3.8, 4) is 0 Å². The molecule has 0 aromatic rings. The summed E-state index contributed by atoms with van der Waals surface area (Å²) < 4.78 is 16.8. The standard InChI is InChI=1S/C14H26N2O4/c1-4-8(5-2)19-11-10(16)9(15)7-14(12(11)20-14)13(17)18-6-3/h8-12H,4-7,15-16H2,1-3H3/t9-,10+,11-,12?,14?/m1/s1. The molecule has 6 nitrogen and oxygen atoms in total. The van der Waals surface area contributed by atoms with Gasteiger partial charge in [0.05, 0.1) is 12.7 Å². The van der Waals surface area contributed by atoms with Gasteiger partial charge in [0.1, 0.15) is 12.2 Å². The molecule has 0 bridgehead atoms. The molecule has 0 amide bonds. The lowest BCUT2D eigenvalue weighted by Crippen LogP contribution is -2.60. The Morgan fingerprint density at radius 1 is 1.35 bits per heavy atom. The van der Waals surface area contributed by atoms with E-state index in [1.807, 2.05) is 0 Å². The molecule has 1 heterocycles. The zero-order valence-corrected chi connectivity index (χ0v) is 12.5. The van der Waals surface area contributed by atoms with Crippen LogP contribution >= 0.6 is 0 Å². The van der Waals surface area contributed by atoms with E-state index in [9.17, 15) is 4.79 Å². The predicted octanol–water partition coefficient (Wildman–Crippen LogP) is 0.319. The van der Waals surface area contributed by atoms with Gasteiger partial charge in [0, 0.05) is 18.5 Å². The molecule has 2 fully saturated rings. The topological polar surface area (TPSA) is 100 Å². The number of esters is 1. The SMILES string of the molecule is CCOC(=O)C12C[C@@H](N)[C@H](N)[C@@H](OC(CC)CC)C1O2. The van der Waals surface area contributed by atoms with E-state index in [0.29, 0.717) is 13.0 Å². The fourth-order valence-electron chi connectivity index (χ4n) is 2.99. The van der Waals surface area contributed by atoms with Crippen LogP contribution in [0.5, 0.6) is 0 Å². The van der Waals surface area contributed by atoms with Gasteiger partial charge in [-0.25, -0.2) is 4.79 Å². The van der Waals surface area contributed by atoms with Gasteiger partial charge < -0.3 is 25.7 Å².